The highest BCUT2D eigenvalue weighted by atomic mass is 32.1. The fraction of sp³-hybridized carbons (Fsp3) is 0.333. The van der Waals surface area contributed by atoms with Crippen molar-refractivity contribution in [2.24, 2.45) is 0 Å². The lowest BCUT2D eigenvalue weighted by Gasteiger charge is -2.34. The van der Waals surface area contributed by atoms with E-state index in [4.69, 9.17) is 0 Å². The number of aromatic amines is 1. The molecule has 0 spiro atoms. The quantitative estimate of drug-likeness (QED) is 0.802. The molecule has 1 aromatic carbocycles. The first kappa shape index (κ1) is 14.6. The standard InChI is InChI=1S/C18H19N3OS/c1-2-16-12-8-10-23-17(12)7-9-21(16)11-15-18(22)20-14-6-4-3-5-13(14)19-15/h3-6,8,10,16H,2,7,9,11H2,1H3,(H,20,22)/t16-/m0/s1. The first-order valence-electron chi connectivity index (χ1n) is 8.04. The Kier molecular flexibility index (Phi) is 3.75. The second-order valence-corrected chi connectivity index (χ2v) is 6.97. The average molecular weight is 325 g/mol. The fourth-order valence-electron chi connectivity index (χ4n) is 3.48. The van der Waals surface area contributed by atoms with Gasteiger partial charge in [-0.15, -0.1) is 11.3 Å². The van der Waals surface area contributed by atoms with Crippen molar-refractivity contribution in [3.05, 3.63) is 62.2 Å². The molecular formula is C18H19N3OS. The van der Waals surface area contributed by atoms with Gasteiger partial charge in [0.05, 0.1) is 11.0 Å². The van der Waals surface area contributed by atoms with Crippen LogP contribution in [-0.2, 0) is 13.0 Å². The maximum atomic E-state index is 12.4. The van der Waals surface area contributed by atoms with Gasteiger partial charge in [0.15, 0.2) is 0 Å². The van der Waals surface area contributed by atoms with Crippen LogP contribution in [0.4, 0.5) is 0 Å². The predicted molar refractivity (Wildman–Crippen MR) is 93.8 cm³/mol. The summed E-state index contributed by atoms with van der Waals surface area (Å²) in [6, 6.07) is 10.3. The van der Waals surface area contributed by atoms with Crippen molar-refractivity contribution >= 4 is 22.4 Å². The number of fused-ring (bicyclic) bond motifs is 2. The molecule has 2 aromatic heterocycles. The molecule has 5 heteroatoms. The lowest BCUT2D eigenvalue weighted by Crippen LogP contribution is -2.36. The smallest absolute Gasteiger partial charge is 0.271 e. The summed E-state index contributed by atoms with van der Waals surface area (Å²) in [7, 11) is 0. The van der Waals surface area contributed by atoms with Crippen LogP contribution < -0.4 is 5.56 Å². The maximum absolute atomic E-state index is 12.4. The van der Waals surface area contributed by atoms with E-state index in [0.29, 0.717) is 18.3 Å². The van der Waals surface area contributed by atoms with Crippen molar-refractivity contribution < 1.29 is 0 Å². The number of thiophene rings is 1. The molecule has 1 aliphatic rings. The van der Waals surface area contributed by atoms with Gasteiger partial charge in [-0.05, 0) is 42.0 Å². The Balaban J connectivity index is 1.68. The minimum atomic E-state index is -0.0744. The van der Waals surface area contributed by atoms with E-state index in [1.807, 2.05) is 35.6 Å². The Morgan fingerprint density at radius 2 is 2.22 bits per heavy atom. The number of hydrogen-bond donors (Lipinski definition) is 1. The lowest BCUT2D eigenvalue weighted by molar-refractivity contribution is 0.170. The lowest BCUT2D eigenvalue weighted by atomic mass is 9.97. The first-order chi connectivity index (χ1) is 11.3. The molecule has 4 rings (SSSR count). The van der Waals surface area contributed by atoms with Crippen LogP contribution in [0.1, 0.15) is 35.5 Å². The second kappa shape index (κ2) is 5.91. The number of nitrogens with zero attached hydrogens (tertiary/aromatic N) is 2. The highest BCUT2D eigenvalue weighted by Gasteiger charge is 2.27. The second-order valence-electron chi connectivity index (χ2n) is 5.97. The minimum absolute atomic E-state index is 0.0744. The zero-order valence-corrected chi connectivity index (χ0v) is 13.9. The summed E-state index contributed by atoms with van der Waals surface area (Å²) >= 11 is 1.85. The summed E-state index contributed by atoms with van der Waals surface area (Å²) < 4.78 is 0. The number of rotatable bonds is 3. The Morgan fingerprint density at radius 3 is 3.09 bits per heavy atom. The van der Waals surface area contributed by atoms with E-state index in [2.05, 4.69) is 33.2 Å². The van der Waals surface area contributed by atoms with E-state index in [1.165, 1.54) is 10.4 Å². The van der Waals surface area contributed by atoms with E-state index >= 15 is 0 Å². The van der Waals surface area contributed by atoms with E-state index in [9.17, 15) is 4.79 Å². The molecule has 4 nitrogen and oxygen atoms in total. The van der Waals surface area contributed by atoms with E-state index in [1.54, 1.807) is 0 Å². The van der Waals surface area contributed by atoms with Gasteiger partial charge in [0.2, 0.25) is 0 Å². The van der Waals surface area contributed by atoms with Gasteiger partial charge < -0.3 is 4.98 Å². The zero-order valence-electron chi connectivity index (χ0n) is 13.1. The molecular weight excluding hydrogens is 306 g/mol. The topological polar surface area (TPSA) is 49.0 Å². The van der Waals surface area contributed by atoms with Gasteiger partial charge in [-0.2, -0.15) is 0 Å². The largest absolute Gasteiger partial charge is 0.319 e. The van der Waals surface area contributed by atoms with Crippen LogP contribution in [0, 0.1) is 0 Å². The maximum Gasteiger partial charge on any atom is 0.271 e. The third-order valence-corrected chi connectivity index (χ3v) is 5.61. The molecule has 3 heterocycles. The van der Waals surface area contributed by atoms with Crippen molar-refractivity contribution in [2.75, 3.05) is 6.54 Å². The van der Waals surface area contributed by atoms with Crippen LogP contribution in [0.15, 0.2) is 40.5 Å². The molecule has 118 valence electrons. The van der Waals surface area contributed by atoms with Crippen molar-refractivity contribution in [3.8, 4) is 0 Å². The number of H-pyrrole nitrogens is 1. The Bertz CT molecular complexity index is 898. The van der Waals surface area contributed by atoms with Gasteiger partial charge in [-0.1, -0.05) is 19.1 Å². The molecule has 0 aliphatic carbocycles. The molecule has 0 bridgehead atoms. The molecule has 0 fully saturated rings. The van der Waals surface area contributed by atoms with Crippen molar-refractivity contribution in [1.82, 2.24) is 14.9 Å². The molecule has 1 aliphatic heterocycles. The van der Waals surface area contributed by atoms with Crippen LogP contribution >= 0.6 is 11.3 Å². The minimum Gasteiger partial charge on any atom is -0.319 e. The van der Waals surface area contributed by atoms with Crippen molar-refractivity contribution in [1.29, 1.82) is 0 Å². The number of aromatic nitrogens is 2. The molecule has 0 saturated carbocycles. The van der Waals surface area contributed by atoms with E-state index in [0.717, 1.165) is 30.4 Å². The van der Waals surface area contributed by atoms with Gasteiger partial charge in [-0.25, -0.2) is 4.98 Å². The first-order valence-corrected chi connectivity index (χ1v) is 8.92. The van der Waals surface area contributed by atoms with Crippen molar-refractivity contribution in [2.45, 2.75) is 32.4 Å². The monoisotopic (exact) mass is 325 g/mol. The van der Waals surface area contributed by atoms with Gasteiger partial charge in [0, 0.05) is 24.0 Å². The zero-order chi connectivity index (χ0) is 15.8. The molecule has 23 heavy (non-hydrogen) atoms. The normalized spacial score (nSPS) is 18.2. The molecule has 0 unspecified atom stereocenters. The van der Waals surface area contributed by atoms with Crippen LogP contribution in [0.25, 0.3) is 11.0 Å². The van der Waals surface area contributed by atoms with Gasteiger partial charge in [0.1, 0.15) is 5.69 Å². The van der Waals surface area contributed by atoms with E-state index in [-0.39, 0.29) is 5.56 Å². The van der Waals surface area contributed by atoms with Crippen LogP contribution in [-0.4, -0.2) is 21.4 Å². The SMILES string of the molecule is CC[C@H]1c2ccsc2CCN1Cc1nc2ccccc2[nH]c1=O. The number of para-hydroxylation sites is 2. The fourth-order valence-corrected chi connectivity index (χ4v) is 4.41. The van der Waals surface area contributed by atoms with Crippen LogP contribution in [0.3, 0.4) is 0 Å². The number of nitrogens with one attached hydrogen (secondary N) is 1. The van der Waals surface area contributed by atoms with Crippen molar-refractivity contribution in [3.63, 3.8) is 0 Å². The molecule has 0 saturated heterocycles. The summed E-state index contributed by atoms with van der Waals surface area (Å²) in [5.41, 5.74) is 3.62. The Hall–Kier alpha value is -1.98. The third kappa shape index (κ3) is 2.60. The molecule has 3 aromatic rings. The Labute approximate surface area is 138 Å². The summed E-state index contributed by atoms with van der Waals surface area (Å²) in [5, 5.41) is 2.18. The molecule has 1 atom stereocenters. The predicted octanol–water partition coefficient (Wildman–Crippen LogP) is 3.49. The highest BCUT2D eigenvalue weighted by Crippen LogP contribution is 2.35. The summed E-state index contributed by atoms with van der Waals surface area (Å²) in [6.45, 7) is 3.80. The number of benzene rings is 1. The molecule has 0 radical (unpaired) electrons. The Morgan fingerprint density at radius 1 is 1.35 bits per heavy atom. The van der Waals surface area contributed by atoms with Gasteiger partial charge >= 0.3 is 0 Å². The van der Waals surface area contributed by atoms with Gasteiger partial charge in [-0.3, -0.25) is 9.69 Å². The van der Waals surface area contributed by atoms with Crippen LogP contribution in [0.2, 0.25) is 0 Å². The average Bonchev–Trinajstić information content (AvgIpc) is 3.04. The number of hydrogen-bond acceptors (Lipinski definition) is 4. The third-order valence-electron chi connectivity index (χ3n) is 4.62. The van der Waals surface area contributed by atoms with Gasteiger partial charge in [0.25, 0.3) is 5.56 Å². The molecule has 0 amide bonds. The van der Waals surface area contributed by atoms with Crippen LogP contribution in [0.5, 0.6) is 0 Å². The summed E-state index contributed by atoms with van der Waals surface area (Å²) in [6.07, 6.45) is 2.12. The highest BCUT2D eigenvalue weighted by molar-refractivity contribution is 7.10. The summed E-state index contributed by atoms with van der Waals surface area (Å²) in [4.78, 5) is 23.8. The summed E-state index contributed by atoms with van der Waals surface area (Å²) in [5.74, 6) is 0. The molecule has 1 N–H and O–H groups in total. The van der Waals surface area contributed by atoms with E-state index < -0.39 is 0 Å².